The third-order valence-corrected chi connectivity index (χ3v) is 12.1. The number of rotatable bonds is 4. The fourth-order valence-corrected chi connectivity index (χ4v) is 9.48. The van der Waals surface area contributed by atoms with Crippen LogP contribution in [0.2, 0.25) is 0 Å². The first-order valence-electron chi connectivity index (χ1n) is 19.1. The van der Waals surface area contributed by atoms with Gasteiger partial charge in [0.2, 0.25) is 0 Å². The smallest absolute Gasteiger partial charge is 0.145 e. The molecular weight excluding hydrogens is 653 g/mol. The second-order valence-electron chi connectivity index (χ2n) is 15.5. The van der Waals surface area contributed by atoms with Crippen LogP contribution in [-0.4, -0.2) is 9.55 Å². The lowest BCUT2D eigenvalue weighted by Gasteiger charge is -2.26. The van der Waals surface area contributed by atoms with Crippen molar-refractivity contribution in [3.8, 4) is 39.3 Å². The Morgan fingerprint density at radius 3 is 2.04 bits per heavy atom. The van der Waals surface area contributed by atoms with Crippen LogP contribution in [0.15, 0.2) is 182 Å². The van der Waals surface area contributed by atoms with Gasteiger partial charge in [0.05, 0.1) is 11.0 Å². The Balaban J connectivity index is 1.17. The number of benzene rings is 7. The van der Waals surface area contributed by atoms with Crippen molar-refractivity contribution in [3.05, 3.63) is 199 Å². The van der Waals surface area contributed by atoms with Gasteiger partial charge in [0, 0.05) is 28.5 Å². The molecule has 0 saturated heterocycles. The molecule has 2 nitrogen and oxygen atoms in total. The summed E-state index contributed by atoms with van der Waals surface area (Å²) in [6, 6.07) is 51.2. The zero-order valence-electron chi connectivity index (χ0n) is 30.4. The molecule has 0 fully saturated rings. The van der Waals surface area contributed by atoms with E-state index in [0.717, 1.165) is 28.1 Å². The van der Waals surface area contributed by atoms with Gasteiger partial charge in [0.15, 0.2) is 0 Å². The molecule has 0 saturated carbocycles. The third-order valence-electron chi connectivity index (χ3n) is 12.1. The van der Waals surface area contributed by atoms with E-state index in [1.165, 1.54) is 66.1 Å². The summed E-state index contributed by atoms with van der Waals surface area (Å²) in [5.41, 5.74) is 14.7. The monoisotopic (exact) mass is 690 g/mol. The highest BCUT2D eigenvalue weighted by molar-refractivity contribution is 6.20. The van der Waals surface area contributed by atoms with Gasteiger partial charge < -0.3 is 0 Å². The van der Waals surface area contributed by atoms with Gasteiger partial charge in [-0.15, -0.1) is 0 Å². The molecule has 256 valence electrons. The van der Waals surface area contributed by atoms with Gasteiger partial charge in [-0.25, -0.2) is 4.98 Å². The molecule has 1 aromatic heterocycles. The topological polar surface area (TPSA) is 17.8 Å². The molecule has 0 N–H and O–H groups in total. The minimum Gasteiger partial charge on any atom is -0.292 e. The molecule has 54 heavy (non-hydrogen) atoms. The molecule has 2 unspecified atom stereocenters. The molecule has 11 rings (SSSR count). The molecule has 2 atom stereocenters. The number of para-hydroxylation sites is 3. The molecule has 0 aliphatic heterocycles. The van der Waals surface area contributed by atoms with Gasteiger partial charge in [-0.2, -0.15) is 0 Å². The Morgan fingerprint density at radius 2 is 1.20 bits per heavy atom. The predicted octanol–water partition coefficient (Wildman–Crippen LogP) is 13.3. The van der Waals surface area contributed by atoms with Crippen molar-refractivity contribution < 1.29 is 0 Å². The highest BCUT2D eigenvalue weighted by Gasteiger charge is 2.36. The molecule has 0 spiro atoms. The first-order valence-corrected chi connectivity index (χ1v) is 19.1. The van der Waals surface area contributed by atoms with Crippen LogP contribution in [-0.2, 0) is 5.41 Å². The average molecular weight is 691 g/mol. The number of hydrogen-bond acceptors (Lipinski definition) is 1. The number of nitrogens with zero attached hydrogens (tertiary/aromatic N) is 2. The van der Waals surface area contributed by atoms with Crippen LogP contribution in [0.25, 0.3) is 77.5 Å². The first-order chi connectivity index (χ1) is 26.5. The zero-order chi connectivity index (χ0) is 36.0. The Morgan fingerprint density at radius 1 is 0.537 bits per heavy atom. The Hall–Kier alpha value is -6.51. The molecule has 0 bridgehead atoms. The molecule has 1 heterocycles. The lowest BCUT2D eigenvalue weighted by molar-refractivity contribution is 0.661. The first kappa shape index (κ1) is 31.1. The maximum absolute atomic E-state index is 5.17. The van der Waals surface area contributed by atoms with Crippen molar-refractivity contribution in [2.45, 2.75) is 19.3 Å². The molecule has 2 heteroatoms. The molecule has 7 aromatic carbocycles. The van der Waals surface area contributed by atoms with E-state index in [2.05, 4.69) is 200 Å². The quantitative estimate of drug-likeness (QED) is 0.168. The minimum atomic E-state index is -0.103. The van der Waals surface area contributed by atoms with E-state index in [-0.39, 0.29) is 5.41 Å². The van der Waals surface area contributed by atoms with E-state index in [1.54, 1.807) is 0 Å². The summed E-state index contributed by atoms with van der Waals surface area (Å²) < 4.78 is 2.28. The molecule has 0 amide bonds. The van der Waals surface area contributed by atoms with Crippen LogP contribution in [0.4, 0.5) is 0 Å². The van der Waals surface area contributed by atoms with Crippen LogP contribution in [0.5, 0.6) is 0 Å². The normalized spacial score (nSPS) is 17.9. The summed E-state index contributed by atoms with van der Waals surface area (Å²) in [6.45, 7) is 4.77. The van der Waals surface area contributed by atoms with Gasteiger partial charge in [-0.05, 0) is 102 Å². The minimum absolute atomic E-state index is 0.103. The fourth-order valence-electron chi connectivity index (χ4n) is 9.48. The Labute approximate surface area is 315 Å². The Bertz CT molecular complexity index is 2950. The maximum atomic E-state index is 5.17. The van der Waals surface area contributed by atoms with E-state index in [9.17, 15) is 0 Å². The highest BCUT2D eigenvalue weighted by atomic mass is 15.1. The number of fused-ring (bicyclic) bond motifs is 7. The third kappa shape index (κ3) is 4.56. The molecular formula is C52H38N2. The molecule has 8 aromatic rings. The van der Waals surface area contributed by atoms with E-state index in [1.807, 2.05) is 0 Å². The number of aromatic nitrogens is 2. The second-order valence-corrected chi connectivity index (χ2v) is 15.5. The average Bonchev–Trinajstić information content (AvgIpc) is 3.72. The van der Waals surface area contributed by atoms with Gasteiger partial charge >= 0.3 is 0 Å². The van der Waals surface area contributed by atoms with Crippen LogP contribution in [0, 0.1) is 11.8 Å². The maximum Gasteiger partial charge on any atom is 0.145 e. The van der Waals surface area contributed by atoms with E-state index in [0.29, 0.717) is 11.8 Å². The van der Waals surface area contributed by atoms with Crippen LogP contribution >= 0.6 is 0 Å². The highest BCUT2D eigenvalue weighted by Crippen LogP contribution is 2.53. The van der Waals surface area contributed by atoms with Crippen LogP contribution in [0.1, 0.15) is 30.5 Å². The van der Waals surface area contributed by atoms with Crippen molar-refractivity contribution in [1.29, 1.82) is 0 Å². The van der Waals surface area contributed by atoms with Crippen molar-refractivity contribution in [3.63, 3.8) is 0 Å². The van der Waals surface area contributed by atoms with Gasteiger partial charge in [-0.3, -0.25) is 4.57 Å². The zero-order valence-corrected chi connectivity index (χ0v) is 30.4. The SMILES string of the molecule is CC1(C)c2ccccc2-c2cc3c(-c4ccc(-c5nc6ccccc6n5-c5ccccc5)cc4)c4ccccc4c(C4=CC5C=CC=CC5C=C4)c3cc21. The lowest BCUT2D eigenvalue weighted by Crippen LogP contribution is -2.15. The predicted molar refractivity (Wildman–Crippen MR) is 227 cm³/mol. The van der Waals surface area contributed by atoms with Gasteiger partial charge in [0.1, 0.15) is 5.82 Å². The van der Waals surface area contributed by atoms with Crippen molar-refractivity contribution >= 4 is 38.2 Å². The standard InChI is InChI=1S/C52H38N2/c1-52(2)45-21-11-10-18-39(45)42-31-43-44(32-46(42)52)50(37-29-24-33-14-6-7-15-36(33)30-37)41-20-9-8-19-40(41)49(43)34-25-27-35(28-26-34)51-53-47-22-12-13-23-48(47)54(51)38-16-4-3-5-17-38/h3-33,36H,1-2H3. The fraction of sp³-hybridized carbons (Fsp3) is 0.0962. The summed E-state index contributed by atoms with van der Waals surface area (Å²) in [6.07, 6.45) is 16.3. The molecule has 3 aliphatic carbocycles. The summed E-state index contributed by atoms with van der Waals surface area (Å²) in [5.74, 6) is 1.70. The summed E-state index contributed by atoms with van der Waals surface area (Å²) in [7, 11) is 0. The van der Waals surface area contributed by atoms with Crippen LogP contribution < -0.4 is 0 Å². The van der Waals surface area contributed by atoms with Crippen molar-refractivity contribution in [2.24, 2.45) is 11.8 Å². The number of imidazole rings is 1. The van der Waals surface area contributed by atoms with E-state index < -0.39 is 0 Å². The van der Waals surface area contributed by atoms with E-state index in [4.69, 9.17) is 4.98 Å². The van der Waals surface area contributed by atoms with Crippen molar-refractivity contribution in [1.82, 2.24) is 9.55 Å². The molecule has 0 radical (unpaired) electrons. The lowest BCUT2D eigenvalue weighted by atomic mass is 9.77. The summed E-state index contributed by atoms with van der Waals surface area (Å²) >= 11 is 0. The van der Waals surface area contributed by atoms with Gasteiger partial charge in [0.25, 0.3) is 0 Å². The van der Waals surface area contributed by atoms with Crippen molar-refractivity contribution in [2.75, 3.05) is 0 Å². The molecule has 3 aliphatic rings. The summed E-state index contributed by atoms with van der Waals surface area (Å²) in [4.78, 5) is 5.17. The van der Waals surface area contributed by atoms with E-state index >= 15 is 0 Å². The van der Waals surface area contributed by atoms with Gasteiger partial charge in [-0.1, -0.05) is 160 Å². The summed E-state index contributed by atoms with van der Waals surface area (Å²) in [5, 5.41) is 5.15. The van der Waals surface area contributed by atoms with Crippen LogP contribution in [0.3, 0.4) is 0 Å². The largest absolute Gasteiger partial charge is 0.292 e. The second kappa shape index (κ2) is 11.7. The Kier molecular flexibility index (Phi) is 6.76. The number of allylic oxidation sites excluding steroid dienone is 8. The number of hydrogen-bond donors (Lipinski definition) is 0.